The first kappa shape index (κ1) is 11.5. The van der Waals surface area contributed by atoms with Gasteiger partial charge in [-0.05, 0) is 0 Å². The van der Waals surface area contributed by atoms with E-state index >= 15 is 0 Å². The Labute approximate surface area is 102 Å². The van der Waals surface area contributed by atoms with Crippen LogP contribution in [-0.2, 0) is 0 Å². The van der Waals surface area contributed by atoms with Crippen molar-refractivity contribution in [3.8, 4) is 0 Å². The Bertz CT molecular complexity index is 380. The van der Waals surface area contributed by atoms with Crippen molar-refractivity contribution in [3.05, 3.63) is 60.7 Å². The van der Waals surface area contributed by atoms with Gasteiger partial charge >= 0.3 is 102 Å². The summed E-state index contributed by atoms with van der Waals surface area (Å²) in [5.74, 6) is 0. The molecule has 2 aromatic carbocycles. The van der Waals surface area contributed by atoms with Gasteiger partial charge in [0.1, 0.15) is 0 Å². The molecule has 2 rings (SSSR count). The Morgan fingerprint density at radius 3 is 1.38 bits per heavy atom. The average molecular weight is 271 g/mol. The second-order valence-corrected chi connectivity index (χ2v) is 12.1. The molecule has 0 saturated heterocycles. The van der Waals surface area contributed by atoms with Gasteiger partial charge in [0.15, 0.2) is 0 Å². The van der Waals surface area contributed by atoms with Crippen molar-refractivity contribution in [1.29, 1.82) is 0 Å². The minimum absolute atomic E-state index is 0.803. The van der Waals surface area contributed by atoms with E-state index in [-0.39, 0.29) is 0 Å². The molecule has 0 heterocycles. The van der Waals surface area contributed by atoms with Crippen molar-refractivity contribution < 1.29 is 0 Å². The van der Waals surface area contributed by atoms with Crippen LogP contribution in [0.2, 0.25) is 4.75 Å². The number of benzene rings is 2. The SMILES string of the molecule is C[CH](C)[GeH]([c]1ccccc1)[c]1ccccc1. The molecule has 0 aromatic heterocycles. The topological polar surface area (TPSA) is 0 Å². The van der Waals surface area contributed by atoms with Crippen molar-refractivity contribution in [2.24, 2.45) is 0 Å². The van der Waals surface area contributed by atoms with E-state index in [0.29, 0.717) is 0 Å². The third-order valence-electron chi connectivity index (χ3n) is 2.98. The molecule has 0 atom stereocenters. The third kappa shape index (κ3) is 2.56. The van der Waals surface area contributed by atoms with Gasteiger partial charge in [0, 0.05) is 0 Å². The molecule has 0 N–H and O–H groups in total. The molecular formula is C15H18Ge. The number of rotatable bonds is 3. The molecule has 0 fully saturated rings. The van der Waals surface area contributed by atoms with Crippen LogP contribution in [0.5, 0.6) is 0 Å². The summed E-state index contributed by atoms with van der Waals surface area (Å²) in [6, 6.07) is 22.1. The predicted octanol–water partition coefficient (Wildman–Crippen LogP) is 2.44. The van der Waals surface area contributed by atoms with Crippen LogP contribution in [0, 0.1) is 0 Å². The molecule has 0 radical (unpaired) electrons. The molecule has 0 spiro atoms. The van der Waals surface area contributed by atoms with Crippen molar-refractivity contribution in [2.45, 2.75) is 18.6 Å². The predicted molar refractivity (Wildman–Crippen MR) is 74.4 cm³/mol. The van der Waals surface area contributed by atoms with E-state index < -0.39 is 14.3 Å². The van der Waals surface area contributed by atoms with Crippen molar-refractivity contribution >= 4 is 23.1 Å². The second kappa shape index (κ2) is 5.35. The zero-order valence-corrected chi connectivity index (χ0v) is 12.4. The van der Waals surface area contributed by atoms with Gasteiger partial charge in [-0.15, -0.1) is 0 Å². The van der Waals surface area contributed by atoms with Gasteiger partial charge in [0.25, 0.3) is 0 Å². The Balaban J connectivity index is 2.40. The van der Waals surface area contributed by atoms with Gasteiger partial charge in [-0.2, -0.15) is 0 Å². The molecule has 82 valence electrons. The van der Waals surface area contributed by atoms with E-state index in [4.69, 9.17) is 0 Å². The normalized spacial score (nSPS) is 11.0. The quantitative estimate of drug-likeness (QED) is 0.752. The molecule has 0 nitrogen and oxygen atoms in total. The summed E-state index contributed by atoms with van der Waals surface area (Å²) >= 11 is -1.56. The van der Waals surface area contributed by atoms with Crippen LogP contribution in [0.3, 0.4) is 0 Å². The summed E-state index contributed by atoms with van der Waals surface area (Å²) in [4.78, 5) is 0. The molecule has 0 aliphatic rings. The number of hydrogen-bond acceptors (Lipinski definition) is 0. The van der Waals surface area contributed by atoms with Gasteiger partial charge in [-0.1, -0.05) is 0 Å². The molecule has 0 aliphatic heterocycles. The minimum atomic E-state index is -1.56. The standard InChI is InChI=1S/C15H18Ge/c1-13(2)16(14-9-5-3-6-10-14)15-11-7-4-8-12-15/h3-13,16H,1-2H3. The fourth-order valence-electron chi connectivity index (χ4n) is 2.28. The van der Waals surface area contributed by atoms with Crippen LogP contribution in [-0.4, -0.2) is 14.3 Å². The summed E-state index contributed by atoms with van der Waals surface area (Å²) in [6.45, 7) is 4.73. The van der Waals surface area contributed by atoms with Crippen LogP contribution in [0.25, 0.3) is 0 Å². The Hall–Kier alpha value is -1.02. The molecule has 0 amide bonds. The van der Waals surface area contributed by atoms with E-state index in [2.05, 4.69) is 74.5 Å². The molecule has 0 bridgehead atoms. The van der Waals surface area contributed by atoms with Crippen molar-refractivity contribution in [1.82, 2.24) is 0 Å². The maximum absolute atomic E-state index is 2.37. The van der Waals surface area contributed by atoms with Crippen molar-refractivity contribution in [2.75, 3.05) is 0 Å². The first-order valence-corrected chi connectivity index (χ1v) is 9.71. The van der Waals surface area contributed by atoms with Gasteiger partial charge in [-0.25, -0.2) is 0 Å². The second-order valence-electron chi connectivity index (χ2n) is 4.54. The molecule has 16 heavy (non-hydrogen) atoms. The molecule has 0 saturated carbocycles. The zero-order chi connectivity index (χ0) is 11.4. The Kier molecular flexibility index (Phi) is 3.84. The maximum atomic E-state index is 2.37. The van der Waals surface area contributed by atoms with Crippen LogP contribution >= 0.6 is 0 Å². The zero-order valence-electron chi connectivity index (χ0n) is 9.93. The number of hydrogen-bond donors (Lipinski definition) is 0. The van der Waals surface area contributed by atoms with E-state index in [9.17, 15) is 0 Å². The van der Waals surface area contributed by atoms with Gasteiger partial charge < -0.3 is 0 Å². The average Bonchev–Trinajstić information content (AvgIpc) is 2.31. The first-order valence-electron chi connectivity index (χ1n) is 5.89. The Morgan fingerprint density at radius 1 is 0.688 bits per heavy atom. The molecule has 2 aromatic rings. The molecular weight excluding hydrogens is 253 g/mol. The third-order valence-corrected chi connectivity index (χ3v) is 10.4. The summed E-state index contributed by atoms with van der Waals surface area (Å²) in [6.07, 6.45) is 0. The van der Waals surface area contributed by atoms with E-state index in [1.165, 1.54) is 0 Å². The monoisotopic (exact) mass is 272 g/mol. The van der Waals surface area contributed by atoms with E-state index in [1.54, 1.807) is 8.79 Å². The van der Waals surface area contributed by atoms with Crippen LogP contribution in [0.15, 0.2) is 60.7 Å². The van der Waals surface area contributed by atoms with Gasteiger partial charge in [-0.3, -0.25) is 0 Å². The van der Waals surface area contributed by atoms with Crippen LogP contribution < -0.4 is 8.79 Å². The van der Waals surface area contributed by atoms with Crippen molar-refractivity contribution in [3.63, 3.8) is 0 Å². The molecule has 0 unspecified atom stereocenters. The summed E-state index contributed by atoms with van der Waals surface area (Å²) in [5.41, 5.74) is 0. The summed E-state index contributed by atoms with van der Waals surface area (Å²) in [7, 11) is 0. The van der Waals surface area contributed by atoms with Crippen LogP contribution in [0.1, 0.15) is 13.8 Å². The van der Waals surface area contributed by atoms with E-state index in [0.717, 1.165) is 4.75 Å². The Morgan fingerprint density at radius 2 is 1.06 bits per heavy atom. The fraction of sp³-hybridized carbons (Fsp3) is 0.200. The van der Waals surface area contributed by atoms with Crippen LogP contribution in [0.4, 0.5) is 0 Å². The summed E-state index contributed by atoms with van der Waals surface area (Å²) in [5, 5.41) is 0. The summed E-state index contributed by atoms with van der Waals surface area (Å²) < 4.78 is 3.99. The van der Waals surface area contributed by atoms with E-state index in [1.807, 2.05) is 0 Å². The first-order chi connectivity index (χ1) is 7.79. The molecule has 0 aliphatic carbocycles. The fourth-order valence-corrected chi connectivity index (χ4v) is 8.99. The van der Waals surface area contributed by atoms with Gasteiger partial charge in [0.2, 0.25) is 0 Å². The van der Waals surface area contributed by atoms with Gasteiger partial charge in [0.05, 0.1) is 0 Å². The molecule has 1 heteroatoms.